The molecule has 2 aromatic rings. The zero-order valence-electron chi connectivity index (χ0n) is 7.62. The number of nitrogen functional groups attached to an aromatic ring is 1. The van der Waals surface area contributed by atoms with Gasteiger partial charge < -0.3 is 10.2 Å². The number of nitrogens with zero attached hydrogens (tertiary/aromatic N) is 1. The Morgan fingerprint density at radius 2 is 2.21 bits per heavy atom. The van der Waals surface area contributed by atoms with Crippen molar-refractivity contribution in [3.8, 4) is 11.3 Å². The molecule has 0 aliphatic heterocycles. The fraction of sp³-hybridized carbons (Fsp3) is 0.100. The van der Waals surface area contributed by atoms with E-state index in [2.05, 4.69) is 20.9 Å². The van der Waals surface area contributed by atoms with Crippen LogP contribution in [0.15, 0.2) is 33.6 Å². The van der Waals surface area contributed by atoms with Crippen molar-refractivity contribution in [3.63, 3.8) is 0 Å². The zero-order chi connectivity index (χ0) is 10.1. The van der Waals surface area contributed by atoms with Gasteiger partial charge in [0.2, 0.25) is 0 Å². The Morgan fingerprint density at radius 1 is 1.43 bits per heavy atom. The molecule has 0 spiro atoms. The molecule has 0 radical (unpaired) electrons. The first-order chi connectivity index (χ1) is 6.68. The van der Waals surface area contributed by atoms with Crippen LogP contribution in [-0.2, 0) is 0 Å². The SMILES string of the molecule is Cc1cc(N)c(Br)cc1-c1cnco1. The summed E-state index contributed by atoms with van der Waals surface area (Å²) < 4.78 is 6.09. The second kappa shape index (κ2) is 3.46. The molecular formula is C10H9BrN2O. The quantitative estimate of drug-likeness (QED) is 0.795. The van der Waals surface area contributed by atoms with Gasteiger partial charge in [-0.25, -0.2) is 4.98 Å². The van der Waals surface area contributed by atoms with Crippen LogP contribution in [0.4, 0.5) is 5.69 Å². The van der Waals surface area contributed by atoms with Gasteiger partial charge in [0.1, 0.15) is 0 Å². The van der Waals surface area contributed by atoms with Crippen LogP contribution < -0.4 is 5.73 Å². The minimum absolute atomic E-state index is 0.728. The smallest absolute Gasteiger partial charge is 0.181 e. The molecule has 3 nitrogen and oxygen atoms in total. The molecule has 0 aliphatic carbocycles. The van der Waals surface area contributed by atoms with E-state index in [4.69, 9.17) is 10.2 Å². The number of anilines is 1. The van der Waals surface area contributed by atoms with E-state index in [-0.39, 0.29) is 0 Å². The van der Waals surface area contributed by atoms with E-state index in [9.17, 15) is 0 Å². The van der Waals surface area contributed by atoms with Crippen LogP contribution in [-0.4, -0.2) is 4.98 Å². The molecule has 0 atom stereocenters. The van der Waals surface area contributed by atoms with Crippen LogP contribution in [0, 0.1) is 6.92 Å². The van der Waals surface area contributed by atoms with Gasteiger partial charge in [-0.2, -0.15) is 0 Å². The second-order valence-electron chi connectivity index (χ2n) is 3.05. The molecule has 2 rings (SSSR count). The number of aromatic nitrogens is 1. The fourth-order valence-electron chi connectivity index (χ4n) is 1.32. The van der Waals surface area contributed by atoms with Crippen molar-refractivity contribution in [1.29, 1.82) is 0 Å². The van der Waals surface area contributed by atoms with Gasteiger partial charge in [0.25, 0.3) is 0 Å². The van der Waals surface area contributed by atoms with E-state index in [0.717, 1.165) is 27.0 Å². The summed E-state index contributed by atoms with van der Waals surface area (Å²) in [6.07, 6.45) is 3.10. The van der Waals surface area contributed by atoms with E-state index in [0.29, 0.717) is 0 Å². The summed E-state index contributed by atoms with van der Waals surface area (Å²) in [6.45, 7) is 1.99. The normalized spacial score (nSPS) is 10.4. The maximum Gasteiger partial charge on any atom is 0.181 e. The first-order valence-electron chi connectivity index (χ1n) is 4.13. The minimum Gasteiger partial charge on any atom is -0.444 e. The Kier molecular flexibility index (Phi) is 2.29. The number of nitrogens with two attached hydrogens (primary N) is 1. The summed E-state index contributed by atoms with van der Waals surface area (Å²) in [6, 6.07) is 3.84. The standard InChI is InChI=1S/C10H9BrN2O/c1-6-2-9(12)8(11)3-7(6)10-4-13-5-14-10/h2-5H,12H2,1H3. The lowest BCUT2D eigenvalue weighted by Crippen LogP contribution is -1.90. The Labute approximate surface area is 90.1 Å². The van der Waals surface area contributed by atoms with Gasteiger partial charge in [0.05, 0.1) is 6.20 Å². The van der Waals surface area contributed by atoms with Crippen molar-refractivity contribution in [2.75, 3.05) is 5.73 Å². The summed E-state index contributed by atoms with van der Waals surface area (Å²) >= 11 is 3.38. The van der Waals surface area contributed by atoms with Gasteiger partial charge in [-0.1, -0.05) is 0 Å². The van der Waals surface area contributed by atoms with Crippen molar-refractivity contribution in [2.24, 2.45) is 0 Å². The summed E-state index contributed by atoms with van der Waals surface area (Å²) in [5, 5.41) is 0. The first kappa shape index (κ1) is 9.27. The molecule has 0 bridgehead atoms. The molecular weight excluding hydrogens is 244 g/mol. The molecule has 0 aliphatic rings. The van der Waals surface area contributed by atoms with Crippen LogP contribution in [0.3, 0.4) is 0 Å². The van der Waals surface area contributed by atoms with E-state index in [1.165, 1.54) is 6.39 Å². The van der Waals surface area contributed by atoms with Crippen LogP contribution in [0.2, 0.25) is 0 Å². The molecule has 1 aromatic heterocycles. The van der Waals surface area contributed by atoms with Gasteiger partial charge in [0.15, 0.2) is 12.2 Å². The topological polar surface area (TPSA) is 52.0 Å². The Hall–Kier alpha value is -1.29. The Morgan fingerprint density at radius 3 is 2.86 bits per heavy atom. The number of rotatable bonds is 1. The molecule has 0 fully saturated rings. The second-order valence-corrected chi connectivity index (χ2v) is 3.91. The molecule has 14 heavy (non-hydrogen) atoms. The highest BCUT2D eigenvalue weighted by atomic mass is 79.9. The lowest BCUT2D eigenvalue weighted by Gasteiger charge is -2.05. The average molecular weight is 253 g/mol. The summed E-state index contributed by atoms with van der Waals surface area (Å²) in [7, 11) is 0. The first-order valence-corrected chi connectivity index (χ1v) is 4.92. The predicted octanol–water partition coefficient (Wildman–Crippen LogP) is 2.99. The molecule has 0 saturated carbocycles. The molecule has 0 unspecified atom stereocenters. The van der Waals surface area contributed by atoms with Gasteiger partial charge in [-0.15, -0.1) is 0 Å². The maximum absolute atomic E-state index is 5.75. The summed E-state index contributed by atoms with van der Waals surface area (Å²) in [5.41, 5.74) is 8.55. The molecule has 1 aromatic carbocycles. The highest BCUT2D eigenvalue weighted by molar-refractivity contribution is 9.10. The molecule has 4 heteroatoms. The van der Waals surface area contributed by atoms with Crippen molar-refractivity contribution < 1.29 is 4.42 Å². The summed E-state index contributed by atoms with van der Waals surface area (Å²) in [5.74, 6) is 0.753. The summed E-state index contributed by atoms with van der Waals surface area (Å²) in [4.78, 5) is 3.88. The minimum atomic E-state index is 0.728. The van der Waals surface area contributed by atoms with Crippen LogP contribution in [0.5, 0.6) is 0 Å². The molecule has 1 heterocycles. The third-order valence-electron chi connectivity index (χ3n) is 2.04. The number of aryl methyl sites for hydroxylation is 1. The highest BCUT2D eigenvalue weighted by Crippen LogP contribution is 2.30. The number of hydrogen-bond donors (Lipinski definition) is 1. The van der Waals surface area contributed by atoms with Crippen LogP contribution in [0.1, 0.15) is 5.56 Å². The van der Waals surface area contributed by atoms with Gasteiger partial charge in [-0.3, -0.25) is 0 Å². The van der Waals surface area contributed by atoms with Gasteiger partial charge in [0, 0.05) is 15.7 Å². The molecule has 72 valence electrons. The maximum atomic E-state index is 5.75. The van der Waals surface area contributed by atoms with E-state index < -0.39 is 0 Å². The van der Waals surface area contributed by atoms with Crippen molar-refractivity contribution in [3.05, 3.63) is 34.8 Å². The Balaban J connectivity index is 2.60. The third-order valence-corrected chi connectivity index (χ3v) is 2.73. The van der Waals surface area contributed by atoms with Crippen molar-refractivity contribution >= 4 is 21.6 Å². The average Bonchev–Trinajstić information content (AvgIpc) is 2.64. The molecule has 0 saturated heterocycles. The van der Waals surface area contributed by atoms with Crippen LogP contribution >= 0.6 is 15.9 Å². The lowest BCUT2D eigenvalue weighted by atomic mass is 10.1. The lowest BCUT2D eigenvalue weighted by molar-refractivity contribution is 0.571. The largest absolute Gasteiger partial charge is 0.444 e. The fourth-order valence-corrected chi connectivity index (χ4v) is 1.66. The van der Waals surface area contributed by atoms with Crippen molar-refractivity contribution in [2.45, 2.75) is 6.92 Å². The highest BCUT2D eigenvalue weighted by Gasteiger charge is 2.07. The van der Waals surface area contributed by atoms with E-state index in [1.54, 1.807) is 6.20 Å². The van der Waals surface area contributed by atoms with Crippen LogP contribution in [0.25, 0.3) is 11.3 Å². The number of halogens is 1. The predicted molar refractivity (Wildman–Crippen MR) is 58.8 cm³/mol. The Bertz CT molecular complexity index is 451. The molecule has 0 amide bonds. The zero-order valence-corrected chi connectivity index (χ0v) is 9.21. The van der Waals surface area contributed by atoms with E-state index >= 15 is 0 Å². The van der Waals surface area contributed by atoms with Crippen molar-refractivity contribution in [1.82, 2.24) is 4.98 Å². The molecule has 2 N–H and O–H groups in total. The van der Waals surface area contributed by atoms with E-state index in [1.807, 2.05) is 19.1 Å². The third kappa shape index (κ3) is 1.53. The van der Waals surface area contributed by atoms with Gasteiger partial charge in [-0.05, 0) is 40.5 Å². The number of oxazole rings is 1. The number of benzene rings is 1. The monoisotopic (exact) mass is 252 g/mol. The van der Waals surface area contributed by atoms with Gasteiger partial charge >= 0.3 is 0 Å². The number of hydrogen-bond acceptors (Lipinski definition) is 3.